The number of hydrogen-bond acceptors (Lipinski definition) is 3. The second-order valence-corrected chi connectivity index (χ2v) is 4.69. The molecule has 0 bridgehead atoms. The zero-order chi connectivity index (χ0) is 11.9. The number of rotatable bonds is 1. The summed E-state index contributed by atoms with van der Waals surface area (Å²) in [7, 11) is 0. The molecular formula is C10H10BrClN4. The van der Waals surface area contributed by atoms with Gasteiger partial charge < -0.3 is 5.73 Å². The smallest absolute Gasteiger partial charge is 0.105 e. The van der Waals surface area contributed by atoms with E-state index >= 15 is 0 Å². The highest BCUT2D eigenvalue weighted by molar-refractivity contribution is 9.10. The number of halogens is 2. The Balaban J connectivity index is 2.72. The van der Waals surface area contributed by atoms with Gasteiger partial charge in [0, 0.05) is 6.20 Å². The van der Waals surface area contributed by atoms with Gasteiger partial charge in [0.2, 0.25) is 0 Å². The second-order valence-electron chi connectivity index (χ2n) is 3.46. The van der Waals surface area contributed by atoms with Gasteiger partial charge in [-0.25, -0.2) is 4.68 Å². The fourth-order valence-corrected chi connectivity index (χ4v) is 2.14. The average molecular weight is 302 g/mol. The topological polar surface area (TPSA) is 56.7 Å². The molecule has 0 radical (unpaired) electrons. The quantitative estimate of drug-likeness (QED) is 0.881. The second kappa shape index (κ2) is 4.07. The third kappa shape index (κ3) is 1.70. The summed E-state index contributed by atoms with van der Waals surface area (Å²) in [5.74, 6) is 0. The van der Waals surface area contributed by atoms with E-state index in [1.54, 1.807) is 17.1 Å². The number of anilines is 1. The molecule has 0 atom stereocenters. The van der Waals surface area contributed by atoms with Crippen molar-refractivity contribution in [3.05, 3.63) is 33.3 Å². The molecule has 0 fully saturated rings. The van der Waals surface area contributed by atoms with Crippen LogP contribution in [0.2, 0.25) is 5.02 Å². The summed E-state index contributed by atoms with van der Waals surface area (Å²) in [5.41, 5.74) is 8.84. The lowest BCUT2D eigenvalue weighted by Crippen LogP contribution is -2.05. The Hall–Kier alpha value is -1.07. The number of hydrogen-bond donors (Lipinski definition) is 1. The van der Waals surface area contributed by atoms with E-state index in [1.807, 2.05) is 13.8 Å². The largest absolute Gasteiger partial charge is 0.396 e. The molecule has 2 N–H and O–H groups in total. The molecule has 2 aromatic heterocycles. The molecule has 0 spiro atoms. The number of nitrogens with zero attached hydrogens (tertiary/aromatic N) is 3. The van der Waals surface area contributed by atoms with Crippen LogP contribution >= 0.6 is 27.5 Å². The van der Waals surface area contributed by atoms with E-state index in [-0.39, 0.29) is 0 Å². The number of aryl methyl sites for hydroxylation is 1. The van der Waals surface area contributed by atoms with Gasteiger partial charge >= 0.3 is 0 Å². The van der Waals surface area contributed by atoms with Crippen LogP contribution in [-0.2, 0) is 0 Å². The number of pyridine rings is 1. The van der Waals surface area contributed by atoms with E-state index in [2.05, 4.69) is 26.0 Å². The van der Waals surface area contributed by atoms with Crippen molar-refractivity contribution in [3.63, 3.8) is 0 Å². The lowest BCUT2D eigenvalue weighted by Gasteiger charge is -2.09. The maximum Gasteiger partial charge on any atom is 0.105 e. The van der Waals surface area contributed by atoms with Crippen LogP contribution in [0.5, 0.6) is 0 Å². The van der Waals surface area contributed by atoms with Crippen LogP contribution in [-0.4, -0.2) is 14.8 Å². The molecule has 0 unspecified atom stereocenters. The summed E-state index contributed by atoms with van der Waals surface area (Å²) >= 11 is 9.50. The summed E-state index contributed by atoms with van der Waals surface area (Å²) in [6.07, 6.45) is 3.26. The van der Waals surface area contributed by atoms with Gasteiger partial charge in [-0.05, 0) is 29.8 Å². The lowest BCUT2D eigenvalue weighted by atomic mass is 10.3. The first kappa shape index (κ1) is 11.4. The number of nitrogens with two attached hydrogens (primary N) is 1. The van der Waals surface area contributed by atoms with Gasteiger partial charge in [-0.15, -0.1) is 0 Å². The Morgan fingerprint density at radius 1 is 1.38 bits per heavy atom. The first-order valence-electron chi connectivity index (χ1n) is 4.63. The first-order valence-corrected chi connectivity index (χ1v) is 5.80. The Kier molecular flexibility index (Phi) is 2.90. The average Bonchev–Trinajstić information content (AvgIpc) is 2.47. The summed E-state index contributed by atoms with van der Waals surface area (Å²) < 4.78 is 2.51. The summed E-state index contributed by atoms with van der Waals surface area (Å²) in [5, 5.41) is 5.00. The normalized spacial score (nSPS) is 10.8. The number of nitrogen functional groups attached to an aromatic ring is 1. The molecule has 0 saturated carbocycles. The highest BCUT2D eigenvalue weighted by Crippen LogP contribution is 2.29. The van der Waals surface area contributed by atoms with Crippen molar-refractivity contribution in [2.45, 2.75) is 13.8 Å². The van der Waals surface area contributed by atoms with E-state index in [4.69, 9.17) is 17.3 Å². The molecule has 84 valence electrons. The molecule has 2 rings (SSSR count). The molecule has 0 aliphatic rings. The molecule has 0 saturated heterocycles. The fraction of sp³-hybridized carbons (Fsp3) is 0.200. The maximum absolute atomic E-state index is 6.10. The molecule has 0 aliphatic heterocycles. The lowest BCUT2D eigenvalue weighted by molar-refractivity contribution is 0.830. The van der Waals surface area contributed by atoms with Crippen LogP contribution in [0.4, 0.5) is 5.69 Å². The first-order chi connectivity index (χ1) is 7.52. The summed E-state index contributed by atoms with van der Waals surface area (Å²) in [6, 6.07) is 0. The van der Waals surface area contributed by atoms with Crippen LogP contribution in [0.3, 0.4) is 0 Å². The predicted molar refractivity (Wildman–Crippen MR) is 68.0 cm³/mol. The molecule has 0 aliphatic carbocycles. The van der Waals surface area contributed by atoms with Crippen molar-refractivity contribution in [1.29, 1.82) is 0 Å². The highest BCUT2D eigenvalue weighted by Gasteiger charge is 2.15. The van der Waals surface area contributed by atoms with Crippen molar-refractivity contribution in [2.24, 2.45) is 0 Å². The molecule has 2 heterocycles. The van der Waals surface area contributed by atoms with Crippen LogP contribution in [0.25, 0.3) is 5.69 Å². The van der Waals surface area contributed by atoms with Crippen molar-refractivity contribution < 1.29 is 0 Å². The van der Waals surface area contributed by atoms with Crippen molar-refractivity contribution in [2.75, 3.05) is 5.73 Å². The molecule has 2 aromatic rings. The molecule has 6 heteroatoms. The third-order valence-electron chi connectivity index (χ3n) is 2.32. The van der Waals surface area contributed by atoms with Gasteiger partial charge in [0.25, 0.3) is 0 Å². The SMILES string of the molecule is Cc1nn(-c2c(N)cncc2Br)c(C)c1Cl. The molecule has 16 heavy (non-hydrogen) atoms. The van der Waals surface area contributed by atoms with Crippen LogP contribution in [0.15, 0.2) is 16.9 Å². The van der Waals surface area contributed by atoms with Crippen LogP contribution < -0.4 is 5.73 Å². The highest BCUT2D eigenvalue weighted by atomic mass is 79.9. The monoisotopic (exact) mass is 300 g/mol. The van der Waals surface area contributed by atoms with E-state index in [0.29, 0.717) is 10.7 Å². The van der Waals surface area contributed by atoms with E-state index in [9.17, 15) is 0 Å². The zero-order valence-corrected chi connectivity index (χ0v) is 11.2. The van der Waals surface area contributed by atoms with E-state index in [1.165, 1.54) is 0 Å². The minimum atomic E-state index is 0.552. The van der Waals surface area contributed by atoms with Gasteiger partial charge in [0.1, 0.15) is 5.69 Å². The Bertz CT molecular complexity index is 530. The standard InChI is InChI=1S/C10H10BrClN4/c1-5-9(12)6(2)16(15-5)10-7(11)3-14-4-8(10)13/h3-4H,13H2,1-2H3. The fourth-order valence-electron chi connectivity index (χ4n) is 1.51. The van der Waals surface area contributed by atoms with Crippen molar-refractivity contribution in [1.82, 2.24) is 14.8 Å². The van der Waals surface area contributed by atoms with Gasteiger partial charge in [0.15, 0.2) is 0 Å². The van der Waals surface area contributed by atoms with Crippen molar-refractivity contribution in [3.8, 4) is 5.69 Å². The summed E-state index contributed by atoms with van der Waals surface area (Å²) in [6.45, 7) is 3.76. The third-order valence-corrected chi connectivity index (χ3v) is 3.44. The molecule has 0 aromatic carbocycles. The van der Waals surface area contributed by atoms with Gasteiger partial charge in [-0.3, -0.25) is 4.98 Å². The van der Waals surface area contributed by atoms with E-state index < -0.39 is 0 Å². The molecular weight excluding hydrogens is 291 g/mol. The minimum absolute atomic E-state index is 0.552. The van der Waals surface area contributed by atoms with E-state index in [0.717, 1.165) is 21.5 Å². The molecule has 0 amide bonds. The van der Waals surface area contributed by atoms with Crippen LogP contribution in [0.1, 0.15) is 11.4 Å². The van der Waals surface area contributed by atoms with Gasteiger partial charge in [-0.2, -0.15) is 5.10 Å². The minimum Gasteiger partial charge on any atom is -0.396 e. The Morgan fingerprint density at radius 3 is 2.56 bits per heavy atom. The maximum atomic E-state index is 6.10. The van der Waals surface area contributed by atoms with Crippen molar-refractivity contribution >= 4 is 33.2 Å². The number of aromatic nitrogens is 3. The van der Waals surface area contributed by atoms with Gasteiger partial charge in [-0.1, -0.05) is 11.6 Å². The molecule has 4 nitrogen and oxygen atoms in total. The zero-order valence-electron chi connectivity index (χ0n) is 8.83. The van der Waals surface area contributed by atoms with Gasteiger partial charge in [0.05, 0.1) is 32.8 Å². The Labute approximate surface area is 107 Å². The van der Waals surface area contributed by atoms with Crippen LogP contribution in [0, 0.1) is 13.8 Å². The Morgan fingerprint density at radius 2 is 2.06 bits per heavy atom. The predicted octanol–water partition coefficient (Wildman–Crippen LogP) is 2.88. The summed E-state index contributed by atoms with van der Waals surface area (Å²) in [4.78, 5) is 3.98.